The molecule has 2 N–H and O–H groups in total. The number of ether oxygens (including phenoxy) is 2. The van der Waals surface area contributed by atoms with E-state index in [0.717, 1.165) is 5.56 Å². The van der Waals surface area contributed by atoms with Crippen molar-refractivity contribution in [3.8, 4) is 5.75 Å². The van der Waals surface area contributed by atoms with E-state index < -0.39 is 6.10 Å². The molecule has 0 saturated carbocycles. The molecule has 0 aliphatic carbocycles. The van der Waals surface area contributed by atoms with Crippen molar-refractivity contribution in [2.75, 3.05) is 20.3 Å². The van der Waals surface area contributed by atoms with Crippen LogP contribution in [-0.4, -0.2) is 43.5 Å². The predicted octanol–water partition coefficient (Wildman–Crippen LogP) is -1.35. The molecule has 0 heterocycles. The zero-order valence-corrected chi connectivity index (χ0v) is 16.0. The van der Waals surface area contributed by atoms with Gasteiger partial charge in [0.1, 0.15) is 18.5 Å². The third-order valence-electron chi connectivity index (χ3n) is 2.97. The van der Waals surface area contributed by atoms with Crippen molar-refractivity contribution in [3.63, 3.8) is 0 Å². The first-order valence-electron chi connectivity index (χ1n) is 7.21. The quantitative estimate of drug-likeness (QED) is 0.435. The Morgan fingerprint density at radius 2 is 1.95 bits per heavy atom. The van der Waals surface area contributed by atoms with E-state index in [1.54, 1.807) is 0 Å². The van der Waals surface area contributed by atoms with Crippen LogP contribution in [0.5, 0.6) is 5.75 Å². The number of esters is 1. The first-order valence-corrected chi connectivity index (χ1v) is 7.21. The van der Waals surface area contributed by atoms with Gasteiger partial charge in [-0.15, -0.1) is 0 Å². The van der Waals surface area contributed by atoms with Crippen molar-refractivity contribution in [2.45, 2.75) is 38.8 Å². The Hall–Kier alpha value is -0.590. The summed E-state index contributed by atoms with van der Waals surface area (Å²) in [6, 6.07) is 7.85. The van der Waals surface area contributed by atoms with Crippen LogP contribution in [0.4, 0.5) is 0 Å². The molecule has 0 radical (unpaired) electrons. The van der Waals surface area contributed by atoms with Gasteiger partial charge >= 0.3 is 35.5 Å². The summed E-state index contributed by atoms with van der Waals surface area (Å²) in [5, 5.41) is 12.9. The van der Waals surface area contributed by atoms with Crippen LogP contribution >= 0.6 is 0 Å². The maximum absolute atomic E-state index is 11.1. The van der Waals surface area contributed by atoms with Crippen LogP contribution in [-0.2, 0) is 16.0 Å². The van der Waals surface area contributed by atoms with Crippen LogP contribution in [0, 0.1) is 0 Å². The van der Waals surface area contributed by atoms with Crippen molar-refractivity contribution < 1.29 is 50.4 Å². The maximum atomic E-state index is 11.1. The van der Waals surface area contributed by atoms with Crippen molar-refractivity contribution in [1.29, 1.82) is 0 Å². The molecule has 120 valence electrons. The van der Waals surface area contributed by atoms with Crippen molar-refractivity contribution in [2.24, 2.45) is 0 Å². The van der Waals surface area contributed by atoms with E-state index in [2.05, 4.69) is 10.1 Å². The summed E-state index contributed by atoms with van der Waals surface area (Å²) >= 11 is 0. The van der Waals surface area contributed by atoms with Gasteiger partial charge in [-0.05, 0) is 24.1 Å². The average Bonchev–Trinajstić information content (AvgIpc) is 2.49. The summed E-state index contributed by atoms with van der Waals surface area (Å²) < 4.78 is 10.1. The number of aliphatic hydroxyl groups is 1. The van der Waals surface area contributed by atoms with Crippen LogP contribution in [0.1, 0.15) is 27.3 Å². The first kappa shape index (κ1) is 21.4. The Bertz CT molecular complexity index is 429. The van der Waals surface area contributed by atoms with Gasteiger partial charge in [0.25, 0.3) is 0 Å². The number of benzene rings is 1. The molecule has 0 amide bonds. The van der Waals surface area contributed by atoms with Gasteiger partial charge in [0.15, 0.2) is 0 Å². The van der Waals surface area contributed by atoms with E-state index in [-0.39, 0.29) is 43.6 Å². The average molecular weight is 319 g/mol. The normalized spacial score (nSPS) is 11.7. The third-order valence-corrected chi connectivity index (χ3v) is 2.97. The standard InChI is InChI=1S/C16H25NO4.Na.H/c1-12(2)17-10-14(18)11-21-15-7-4-13(5-8-15)6-9-16(19)20-3;;/h4-5,7-8,12,14,17-18H,6,9-11H2,1-3H3;;/q;+1;-1. The fourth-order valence-corrected chi connectivity index (χ4v) is 1.72. The third kappa shape index (κ3) is 9.43. The van der Waals surface area contributed by atoms with E-state index in [4.69, 9.17) is 4.74 Å². The van der Waals surface area contributed by atoms with E-state index >= 15 is 0 Å². The zero-order valence-electron chi connectivity index (χ0n) is 15.0. The molecule has 1 unspecified atom stereocenters. The van der Waals surface area contributed by atoms with Gasteiger partial charge in [0.05, 0.1) is 7.11 Å². The van der Waals surface area contributed by atoms with Crippen molar-refractivity contribution >= 4 is 5.97 Å². The van der Waals surface area contributed by atoms with Crippen LogP contribution in [0.25, 0.3) is 0 Å². The largest absolute Gasteiger partial charge is 1.00 e. The molecule has 1 aromatic carbocycles. The van der Waals surface area contributed by atoms with Crippen LogP contribution in [0.3, 0.4) is 0 Å². The number of carbonyl (C=O) groups is 1. The smallest absolute Gasteiger partial charge is 1.00 e. The molecule has 22 heavy (non-hydrogen) atoms. The van der Waals surface area contributed by atoms with Gasteiger partial charge in [-0.2, -0.15) is 0 Å². The van der Waals surface area contributed by atoms with E-state index in [0.29, 0.717) is 31.2 Å². The fourth-order valence-electron chi connectivity index (χ4n) is 1.72. The number of methoxy groups -OCH3 is 1. The minimum Gasteiger partial charge on any atom is -1.00 e. The Morgan fingerprint density at radius 3 is 2.50 bits per heavy atom. The summed E-state index contributed by atoms with van der Waals surface area (Å²) in [4.78, 5) is 11.1. The Balaban J connectivity index is 0. The van der Waals surface area contributed by atoms with Gasteiger partial charge < -0.3 is 21.3 Å². The second kappa shape index (κ2) is 11.9. The Labute approximate surface area is 156 Å². The monoisotopic (exact) mass is 319 g/mol. The fraction of sp³-hybridized carbons (Fsp3) is 0.562. The van der Waals surface area contributed by atoms with Gasteiger partial charge in [-0.1, -0.05) is 26.0 Å². The second-order valence-electron chi connectivity index (χ2n) is 5.25. The van der Waals surface area contributed by atoms with Crippen molar-refractivity contribution in [1.82, 2.24) is 5.32 Å². The molecular weight excluding hydrogens is 293 g/mol. The summed E-state index contributed by atoms with van der Waals surface area (Å²) in [5.41, 5.74) is 1.05. The van der Waals surface area contributed by atoms with Gasteiger partial charge in [-0.25, -0.2) is 0 Å². The molecule has 0 fully saturated rings. The molecule has 1 aromatic rings. The van der Waals surface area contributed by atoms with Gasteiger partial charge in [0.2, 0.25) is 0 Å². The number of aryl methyl sites for hydroxylation is 1. The molecule has 0 aliphatic heterocycles. The Kier molecular flexibility index (Phi) is 11.6. The summed E-state index contributed by atoms with van der Waals surface area (Å²) in [6.07, 6.45) is 0.482. The molecular formula is C16H26NNaO4. The van der Waals surface area contributed by atoms with E-state index in [1.165, 1.54) is 7.11 Å². The number of hydrogen-bond acceptors (Lipinski definition) is 5. The second-order valence-corrected chi connectivity index (χ2v) is 5.25. The van der Waals surface area contributed by atoms with Gasteiger partial charge in [0, 0.05) is 19.0 Å². The van der Waals surface area contributed by atoms with Crippen LogP contribution in [0.15, 0.2) is 24.3 Å². The number of aliphatic hydroxyl groups excluding tert-OH is 1. The minimum atomic E-state index is -0.536. The summed E-state index contributed by atoms with van der Waals surface area (Å²) in [5.74, 6) is 0.497. The van der Waals surface area contributed by atoms with Crippen molar-refractivity contribution in [3.05, 3.63) is 29.8 Å². The number of rotatable bonds is 9. The molecule has 1 atom stereocenters. The summed E-state index contributed by atoms with van der Waals surface area (Å²) in [7, 11) is 1.39. The van der Waals surface area contributed by atoms with Crippen LogP contribution < -0.4 is 39.6 Å². The number of hydrogen-bond donors (Lipinski definition) is 2. The van der Waals surface area contributed by atoms with Gasteiger partial charge in [-0.3, -0.25) is 4.79 Å². The number of nitrogens with one attached hydrogen (secondary N) is 1. The molecule has 0 bridgehead atoms. The molecule has 6 heteroatoms. The molecule has 0 aromatic heterocycles. The molecule has 0 aliphatic rings. The Morgan fingerprint density at radius 1 is 1.32 bits per heavy atom. The molecule has 5 nitrogen and oxygen atoms in total. The summed E-state index contributed by atoms with van der Waals surface area (Å²) in [6.45, 7) is 4.82. The molecule has 0 spiro atoms. The maximum Gasteiger partial charge on any atom is 1.00 e. The minimum absolute atomic E-state index is 0. The predicted molar refractivity (Wildman–Crippen MR) is 82.5 cm³/mol. The molecule has 1 rings (SSSR count). The van der Waals surface area contributed by atoms with Crippen LogP contribution in [0.2, 0.25) is 0 Å². The number of carbonyl (C=O) groups excluding carboxylic acids is 1. The first-order chi connectivity index (χ1) is 10.0. The zero-order chi connectivity index (χ0) is 15.7. The van der Waals surface area contributed by atoms with E-state index in [9.17, 15) is 9.90 Å². The SMILES string of the molecule is COC(=O)CCc1ccc(OCC(O)CNC(C)C)cc1.[H-].[Na+]. The molecule has 0 saturated heterocycles. The topological polar surface area (TPSA) is 67.8 Å². The van der Waals surface area contributed by atoms with E-state index in [1.807, 2.05) is 38.1 Å².